The summed E-state index contributed by atoms with van der Waals surface area (Å²) in [6.07, 6.45) is 6.11. The van der Waals surface area contributed by atoms with Gasteiger partial charge in [0, 0.05) is 31.3 Å². The van der Waals surface area contributed by atoms with Crippen LogP contribution in [0.2, 0.25) is 0 Å². The largest absolute Gasteiger partial charge is 0.421 e. The van der Waals surface area contributed by atoms with Crippen molar-refractivity contribution in [2.75, 3.05) is 18.5 Å². The molecule has 1 aliphatic rings. The topological polar surface area (TPSA) is 89.3 Å². The van der Waals surface area contributed by atoms with Gasteiger partial charge >= 0.3 is 6.03 Å². The van der Waals surface area contributed by atoms with Gasteiger partial charge in [0.1, 0.15) is 0 Å². The van der Waals surface area contributed by atoms with Crippen LogP contribution in [0.4, 0.5) is 10.5 Å². The SMILES string of the molecule is Cc1nnc(-c2ccc(C)c(NC(=O)NCCCOC3CCCC3)c2)o1. The number of rotatable bonds is 7. The molecule has 0 unspecified atom stereocenters. The Balaban J connectivity index is 1.46. The van der Waals surface area contributed by atoms with Crippen LogP contribution in [0, 0.1) is 13.8 Å². The highest BCUT2D eigenvalue weighted by molar-refractivity contribution is 5.90. The second-order valence-electron chi connectivity index (χ2n) is 6.67. The molecule has 26 heavy (non-hydrogen) atoms. The summed E-state index contributed by atoms with van der Waals surface area (Å²) in [5, 5.41) is 13.6. The van der Waals surface area contributed by atoms with Crippen LogP contribution in [-0.4, -0.2) is 35.5 Å². The average molecular weight is 358 g/mol. The van der Waals surface area contributed by atoms with E-state index in [0.717, 1.165) is 23.2 Å². The second-order valence-corrected chi connectivity index (χ2v) is 6.67. The molecule has 1 aromatic heterocycles. The lowest BCUT2D eigenvalue weighted by atomic mass is 10.1. The van der Waals surface area contributed by atoms with E-state index in [2.05, 4.69) is 20.8 Å². The summed E-state index contributed by atoms with van der Waals surface area (Å²) in [7, 11) is 0. The van der Waals surface area contributed by atoms with Gasteiger partial charge in [0.15, 0.2) is 0 Å². The van der Waals surface area contributed by atoms with Crippen LogP contribution in [0.5, 0.6) is 0 Å². The molecule has 1 fully saturated rings. The van der Waals surface area contributed by atoms with E-state index < -0.39 is 0 Å². The van der Waals surface area contributed by atoms with Crippen LogP contribution in [0.3, 0.4) is 0 Å². The molecule has 0 spiro atoms. The lowest BCUT2D eigenvalue weighted by Gasteiger charge is -2.12. The molecule has 0 aliphatic heterocycles. The summed E-state index contributed by atoms with van der Waals surface area (Å²) in [5.41, 5.74) is 2.46. The molecular formula is C19H26N4O3. The van der Waals surface area contributed by atoms with Gasteiger partial charge in [0.2, 0.25) is 11.8 Å². The molecule has 7 nitrogen and oxygen atoms in total. The first-order valence-electron chi connectivity index (χ1n) is 9.19. The lowest BCUT2D eigenvalue weighted by molar-refractivity contribution is 0.0572. The van der Waals surface area contributed by atoms with E-state index in [1.54, 1.807) is 6.92 Å². The fraction of sp³-hybridized carbons (Fsp3) is 0.526. The number of nitrogens with zero attached hydrogens (tertiary/aromatic N) is 2. The Morgan fingerprint density at radius 1 is 1.27 bits per heavy atom. The number of carbonyl (C=O) groups is 1. The summed E-state index contributed by atoms with van der Waals surface area (Å²) in [4.78, 5) is 12.1. The predicted molar refractivity (Wildman–Crippen MR) is 99.1 cm³/mol. The van der Waals surface area contributed by atoms with Gasteiger partial charge in [0.05, 0.1) is 6.10 Å². The fourth-order valence-corrected chi connectivity index (χ4v) is 3.05. The monoisotopic (exact) mass is 358 g/mol. The van der Waals surface area contributed by atoms with Gasteiger partial charge in [-0.05, 0) is 43.9 Å². The maximum atomic E-state index is 12.1. The molecule has 3 rings (SSSR count). The third-order valence-electron chi connectivity index (χ3n) is 4.52. The minimum Gasteiger partial charge on any atom is -0.421 e. The van der Waals surface area contributed by atoms with Gasteiger partial charge in [-0.3, -0.25) is 0 Å². The molecule has 1 saturated carbocycles. The standard InChI is InChI=1S/C19H26N4O3/c1-13-8-9-15(18-23-22-14(2)26-18)12-17(13)21-19(24)20-10-5-11-25-16-6-3-4-7-16/h8-9,12,16H,3-7,10-11H2,1-2H3,(H2,20,21,24). The fourth-order valence-electron chi connectivity index (χ4n) is 3.05. The van der Waals surface area contributed by atoms with Crippen molar-refractivity contribution < 1.29 is 13.9 Å². The van der Waals surface area contributed by atoms with E-state index in [1.165, 1.54) is 25.7 Å². The molecule has 0 saturated heterocycles. The quantitative estimate of drug-likeness (QED) is 0.734. The maximum absolute atomic E-state index is 12.1. The van der Waals surface area contributed by atoms with E-state index in [9.17, 15) is 4.79 Å². The highest BCUT2D eigenvalue weighted by Crippen LogP contribution is 2.24. The summed E-state index contributed by atoms with van der Waals surface area (Å²) < 4.78 is 11.2. The zero-order chi connectivity index (χ0) is 18.4. The van der Waals surface area contributed by atoms with Crippen LogP contribution >= 0.6 is 0 Å². The Labute approximate surface area is 153 Å². The van der Waals surface area contributed by atoms with Crippen LogP contribution in [0.25, 0.3) is 11.5 Å². The van der Waals surface area contributed by atoms with Crippen LogP contribution in [-0.2, 0) is 4.74 Å². The summed E-state index contributed by atoms with van der Waals surface area (Å²) >= 11 is 0. The minimum atomic E-state index is -0.229. The third kappa shape index (κ3) is 5.05. The highest BCUT2D eigenvalue weighted by atomic mass is 16.5. The van der Waals surface area contributed by atoms with E-state index in [-0.39, 0.29) is 6.03 Å². The molecule has 0 bridgehead atoms. The summed E-state index contributed by atoms with van der Waals surface area (Å²) in [5.74, 6) is 0.947. The Hall–Kier alpha value is -2.41. The molecule has 0 radical (unpaired) electrons. The number of ether oxygens (including phenoxy) is 1. The molecule has 1 aliphatic carbocycles. The molecule has 2 amide bonds. The van der Waals surface area contributed by atoms with Gasteiger partial charge in [-0.25, -0.2) is 4.79 Å². The first kappa shape index (κ1) is 18.4. The maximum Gasteiger partial charge on any atom is 0.319 e. The number of aryl methyl sites for hydroxylation is 2. The molecule has 140 valence electrons. The van der Waals surface area contributed by atoms with Gasteiger partial charge in [-0.2, -0.15) is 0 Å². The predicted octanol–water partition coefficient (Wildman–Crippen LogP) is 3.82. The molecular weight excluding hydrogens is 332 g/mol. The van der Waals surface area contributed by atoms with Crippen molar-refractivity contribution in [2.24, 2.45) is 0 Å². The first-order chi connectivity index (χ1) is 12.6. The van der Waals surface area contributed by atoms with Crippen molar-refractivity contribution in [3.63, 3.8) is 0 Å². The zero-order valence-electron chi connectivity index (χ0n) is 15.4. The third-order valence-corrected chi connectivity index (χ3v) is 4.52. The van der Waals surface area contributed by atoms with Gasteiger partial charge in [-0.15, -0.1) is 10.2 Å². The van der Waals surface area contributed by atoms with Crippen LogP contribution in [0.15, 0.2) is 22.6 Å². The Morgan fingerprint density at radius 2 is 2.08 bits per heavy atom. The summed E-state index contributed by atoms with van der Waals surface area (Å²) in [6, 6.07) is 5.42. The number of anilines is 1. The van der Waals surface area contributed by atoms with Crippen molar-refractivity contribution in [3.05, 3.63) is 29.7 Å². The van der Waals surface area contributed by atoms with Gasteiger partial charge in [-0.1, -0.05) is 18.9 Å². The lowest BCUT2D eigenvalue weighted by Crippen LogP contribution is -2.30. The van der Waals surface area contributed by atoms with E-state index >= 15 is 0 Å². The normalized spacial score (nSPS) is 14.5. The molecule has 1 heterocycles. The van der Waals surface area contributed by atoms with Gasteiger partial charge < -0.3 is 19.8 Å². The van der Waals surface area contributed by atoms with Crippen molar-refractivity contribution >= 4 is 11.7 Å². The molecule has 2 N–H and O–H groups in total. The number of benzene rings is 1. The smallest absolute Gasteiger partial charge is 0.319 e. The second kappa shape index (κ2) is 8.80. The number of urea groups is 1. The van der Waals surface area contributed by atoms with E-state index in [0.29, 0.717) is 31.0 Å². The van der Waals surface area contributed by atoms with Crippen molar-refractivity contribution in [1.29, 1.82) is 0 Å². The highest BCUT2D eigenvalue weighted by Gasteiger charge is 2.15. The van der Waals surface area contributed by atoms with Crippen LogP contribution in [0.1, 0.15) is 43.6 Å². The molecule has 1 aromatic carbocycles. The molecule has 7 heteroatoms. The zero-order valence-corrected chi connectivity index (χ0v) is 15.4. The van der Waals surface area contributed by atoms with Crippen molar-refractivity contribution in [2.45, 2.75) is 52.1 Å². The number of aromatic nitrogens is 2. The molecule has 2 aromatic rings. The Morgan fingerprint density at radius 3 is 2.81 bits per heavy atom. The van der Waals surface area contributed by atoms with Crippen LogP contribution < -0.4 is 10.6 Å². The first-order valence-corrected chi connectivity index (χ1v) is 9.19. The van der Waals surface area contributed by atoms with Gasteiger partial charge in [0.25, 0.3) is 0 Å². The number of hydrogen-bond acceptors (Lipinski definition) is 5. The number of amides is 2. The minimum absolute atomic E-state index is 0.229. The molecule has 0 atom stereocenters. The van der Waals surface area contributed by atoms with Crippen molar-refractivity contribution in [3.8, 4) is 11.5 Å². The number of carbonyl (C=O) groups excluding carboxylic acids is 1. The van der Waals surface area contributed by atoms with E-state index in [1.807, 2.05) is 25.1 Å². The number of hydrogen-bond donors (Lipinski definition) is 2. The Kier molecular flexibility index (Phi) is 6.22. The summed E-state index contributed by atoms with van der Waals surface area (Å²) in [6.45, 7) is 4.96. The Bertz CT molecular complexity index is 738. The average Bonchev–Trinajstić information content (AvgIpc) is 3.28. The van der Waals surface area contributed by atoms with E-state index in [4.69, 9.17) is 9.15 Å². The number of nitrogens with one attached hydrogen (secondary N) is 2. The van der Waals surface area contributed by atoms with Crippen molar-refractivity contribution in [1.82, 2.24) is 15.5 Å².